The Morgan fingerprint density at radius 1 is 0.829 bits per heavy atom. The Hall–Kier alpha value is -4.42. The van der Waals surface area contributed by atoms with Crippen LogP contribution in [0.4, 0.5) is 0 Å². The third kappa shape index (κ3) is 3.81. The zero-order valence-corrected chi connectivity index (χ0v) is 24.6. The van der Waals surface area contributed by atoms with Gasteiger partial charge in [-0.05, 0) is 70.9 Å². The summed E-state index contributed by atoms with van der Waals surface area (Å²) in [6.45, 7) is 14.5. The smallest absolute Gasteiger partial charge is 0.266 e. The Labute approximate surface area is 241 Å². The van der Waals surface area contributed by atoms with Gasteiger partial charge in [-0.3, -0.25) is 9.59 Å². The highest BCUT2D eigenvalue weighted by Gasteiger charge is 2.26. The van der Waals surface area contributed by atoms with Crippen molar-refractivity contribution < 1.29 is 0 Å². The Bertz CT molecular complexity index is 2190. The van der Waals surface area contributed by atoms with Crippen LogP contribution in [-0.4, -0.2) is 17.0 Å². The molecule has 2 N–H and O–H groups in total. The van der Waals surface area contributed by atoms with Crippen LogP contribution in [0.25, 0.3) is 53.0 Å². The Morgan fingerprint density at radius 3 is 2.02 bits per heavy atom. The van der Waals surface area contributed by atoms with Gasteiger partial charge in [-0.2, -0.15) is 0 Å². The molecule has 2 heterocycles. The minimum Gasteiger partial charge on any atom is -0.308 e. The summed E-state index contributed by atoms with van der Waals surface area (Å²) < 4.78 is 3.31. The van der Waals surface area contributed by atoms with Gasteiger partial charge < -0.3 is 10.8 Å². The molecule has 6 aromatic rings. The molecule has 0 atom stereocenters. The van der Waals surface area contributed by atoms with E-state index in [9.17, 15) is 9.59 Å². The monoisotopic (exact) mass is 557 g/mol. The first-order chi connectivity index (χ1) is 19.6. The van der Waals surface area contributed by atoms with Gasteiger partial charge in [0.1, 0.15) is 0 Å². The van der Waals surface area contributed by atoms with Crippen LogP contribution in [0.5, 0.6) is 0 Å². The second-order valence-corrected chi connectivity index (χ2v) is 12.5. The van der Waals surface area contributed by atoms with E-state index in [0.29, 0.717) is 27.4 Å². The van der Waals surface area contributed by atoms with Gasteiger partial charge in [0.05, 0.1) is 5.69 Å². The normalized spacial score (nSPS) is 12.0. The molecule has 6 rings (SSSR count). The van der Waals surface area contributed by atoms with Crippen LogP contribution < -0.4 is 11.1 Å². The van der Waals surface area contributed by atoms with E-state index in [-0.39, 0.29) is 23.0 Å². The molecular formula is C35H31N3O2S. The van der Waals surface area contributed by atoms with Gasteiger partial charge in [0.2, 0.25) is 0 Å². The number of benzene rings is 4. The van der Waals surface area contributed by atoms with Crippen LogP contribution in [0.15, 0.2) is 64.7 Å². The maximum atomic E-state index is 14.6. The first-order valence-electron chi connectivity index (χ1n) is 13.8. The first kappa shape index (κ1) is 26.8. The van der Waals surface area contributed by atoms with Crippen molar-refractivity contribution in [3.63, 3.8) is 0 Å². The van der Waals surface area contributed by atoms with E-state index < -0.39 is 0 Å². The molecule has 0 aliphatic carbocycles. The molecule has 4 aromatic carbocycles. The fraction of sp³-hybridized carbons (Fsp3) is 0.200. The molecule has 5 nitrogen and oxygen atoms in total. The van der Waals surface area contributed by atoms with E-state index in [2.05, 4.69) is 34.3 Å². The second kappa shape index (κ2) is 9.60. The largest absolute Gasteiger partial charge is 0.308 e. The Morgan fingerprint density at radius 2 is 1.46 bits per heavy atom. The standard InChI is InChI=1S/C35H31N3O2S/c1-17(2)22-8-7-9-23(18(3)4)32(22)38-34(39)26-13-21(16-37)29-25-12-20(15-36)10-11-28(25)41-33-24(19(5)6)14-27(35(38)40)30(26)31(29)33/h7-18,36-37H,5H2,1-4,6H3. The van der Waals surface area contributed by atoms with Crippen LogP contribution in [0.1, 0.15) is 74.3 Å². The van der Waals surface area contributed by atoms with Gasteiger partial charge in [-0.15, -0.1) is 11.3 Å². The number of pyridine rings is 1. The molecule has 0 spiro atoms. The third-order valence-corrected chi connectivity index (χ3v) is 9.29. The predicted molar refractivity (Wildman–Crippen MR) is 176 cm³/mol. The lowest BCUT2D eigenvalue weighted by Crippen LogP contribution is -2.34. The quantitative estimate of drug-likeness (QED) is 0.122. The number of aromatic nitrogens is 1. The number of nitrogens with zero attached hydrogens (tertiary/aromatic N) is 1. The number of nitrogens with one attached hydrogen (secondary N) is 2. The first-order valence-corrected chi connectivity index (χ1v) is 14.6. The summed E-state index contributed by atoms with van der Waals surface area (Å²) in [5.41, 5.74) is 4.87. The van der Waals surface area contributed by atoms with Gasteiger partial charge in [0.25, 0.3) is 11.1 Å². The molecule has 6 heteroatoms. The molecule has 204 valence electrons. The van der Waals surface area contributed by atoms with Crippen molar-refractivity contribution in [1.29, 1.82) is 10.8 Å². The highest BCUT2D eigenvalue weighted by molar-refractivity contribution is 7.25. The molecular weight excluding hydrogens is 526 g/mol. The summed E-state index contributed by atoms with van der Waals surface area (Å²) in [7, 11) is 0. The van der Waals surface area contributed by atoms with E-state index in [1.807, 2.05) is 49.4 Å². The van der Waals surface area contributed by atoms with Crippen LogP contribution in [-0.2, 0) is 0 Å². The predicted octanol–water partition coefficient (Wildman–Crippen LogP) is 8.59. The van der Waals surface area contributed by atoms with Crippen LogP contribution in [0.3, 0.4) is 0 Å². The highest BCUT2D eigenvalue weighted by Crippen LogP contribution is 2.44. The van der Waals surface area contributed by atoms with Gasteiger partial charge in [0, 0.05) is 59.7 Å². The van der Waals surface area contributed by atoms with Crippen molar-refractivity contribution in [1.82, 2.24) is 4.57 Å². The molecule has 0 radical (unpaired) electrons. The maximum Gasteiger partial charge on any atom is 0.266 e. The average Bonchev–Trinajstić information content (AvgIpc) is 2.95. The van der Waals surface area contributed by atoms with Gasteiger partial charge >= 0.3 is 0 Å². The topological polar surface area (TPSA) is 86.8 Å². The van der Waals surface area contributed by atoms with Crippen molar-refractivity contribution in [2.45, 2.75) is 46.5 Å². The summed E-state index contributed by atoms with van der Waals surface area (Å²) >= 11 is 1.59. The van der Waals surface area contributed by atoms with Gasteiger partial charge in [0.15, 0.2) is 0 Å². The Balaban J connectivity index is 1.95. The van der Waals surface area contributed by atoms with Gasteiger partial charge in [-0.1, -0.05) is 58.5 Å². The Kier molecular flexibility index (Phi) is 6.27. The zero-order valence-electron chi connectivity index (χ0n) is 23.8. The molecule has 2 aromatic heterocycles. The van der Waals surface area contributed by atoms with E-state index in [1.165, 1.54) is 17.0 Å². The molecule has 0 bridgehead atoms. The zero-order chi connectivity index (χ0) is 29.3. The second-order valence-electron chi connectivity index (χ2n) is 11.4. The number of allylic oxidation sites excluding steroid dienone is 1. The summed E-state index contributed by atoms with van der Waals surface area (Å²) in [6.07, 6.45) is 2.59. The summed E-state index contributed by atoms with van der Waals surface area (Å²) in [6, 6.07) is 15.5. The molecule has 0 saturated carbocycles. The molecule has 0 amide bonds. The SMILES string of the molecule is C=C(C)c1cc2c(=O)n(-c3c(C(C)C)cccc3C(C)C)c(=O)c3cc(C=N)c4c5cc(C=N)ccc5sc1c4c23. The lowest BCUT2D eigenvalue weighted by atomic mass is 9.89. The fourth-order valence-corrected chi connectivity index (χ4v) is 7.41. The van der Waals surface area contributed by atoms with Crippen LogP contribution in [0.2, 0.25) is 0 Å². The van der Waals surface area contributed by atoms with Crippen molar-refractivity contribution in [2.24, 2.45) is 0 Å². The molecule has 0 aliphatic rings. The molecule has 41 heavy (non-hydrogen) atoms. The molecule has 0 saturated heterocycles. The van der Waals surface area contributed by atoms with E-state index in [1.54, 1.807) is 17.4 Å². The van der Waals surface area contributed by atoms with E-state index in [0.717, 1.165) is 53.4 Å². The minimum absolute atomic E-state index is 0.0973. The molecule has 0 unspecified atom stereocenters. The van der Waals surface area contributed by atoms with Crippen LogP contribution >= 0.6 is 11.3 Å². The maximum absolute atomic E-state index is 14.6. The van der Waals surface area contributed by atoms with Crippen LogP contribution in [0, 0.1) is 10.8 Å². The summed E-state index contributed by atoms with van der Waals surface area (Å²) in [5.74, 6) is 0.195. The van der Waals surface area contributed by atoms with Gasteiger partial charge in [-0.25, -0.2) is 4.57 Å². The number of fused-ring (bicyclic) bond motifs is 2. The third-order valence-electron chi connectivity index (χ3n) is 8.09. The summed E-state index contributed by atoms with van der Waals surface area (Å²) in [4.78, 5) is 29.1. The minimum atomic E-state index is -0.370. The lowest BCUT2D eigenvalue weighted by Gasteiger charge is -2.22. The molecule has 0 fully saturated rings. The van der Waals surface area contributed by atoms with Crippen molar-refractivity contribution in [3.05, 3.63) is 104 Å². The van der Waals surface area contributed by atoms with E-state index in [4.69, 9.17) is 10.8 Å². The summed E-state index contributed by atoms with van der Waals surface area (Å²) in [5, 5.41) is 20.2. The van der Waals surface area contributed by atoms with E-state index >= 15 is 0 Å². The fourth-order valence-electron chi connectivity index (χ4n) is 6.13. The van der Waals surface area contributed by atoms with Crippen molar-refractivity contribution in [2.75, 3.05) is 0 Å². The average molecular weight is 558 g/mol. The number of hydrogen-bond acceptors (Lipinski definition) is 5. The number of hydrogen-bond donors (Lipinski definition) is 2. The number of para-hydroxylation sites is 1. The lowest BCUT2D eigenvalue weighted by molar-refractivity contribution is 0.792. The van der Waals surface area contributed by atoms with Crippen molar-refractivity contribution >= 4 is 71.1 Å². The van der Waals surface area contributed by atoms with Crippen molar-refractivity contribution in [3.8, 4) is 5.69 Å². The molecule has 0 aliphatic heterocycles. The highest BCUT2D eigenvalue weighted by atomic mass is 32.1. The number of rotatable bonds is 6.